The van der Waals surface area contributed by atoms with Crippen LogP contribution >= 0.6 is 0 Å². The van der Waals surface area contributed by atoms with Gasteiger partial charge in [0, 0.05) is 25.0 Å². The number of allylic oxidation sites excluding steroid dienone is 1. The van der Waals surface area contributed by atoms with Crippen molar-refractivity contribution in [2.75, 3.05) is 6.61 Å². The molecule has 17 heteroatoms. The van der Waals surface area contributed by atoms with Gasteiger partial charge in [-0.1, -0.05) is 88.3 Å². The van der Waals surface area contributed by atoms with Crippen LogP contribution in [0.4, 0.5) is 31.1 Å². The van der Waals surface area contributed by atoms with Crippen molar-refractivity contribution in [1.29, 1.82) is 0 Å². The first-order chi connectivity index (χ1) is 23.5. The Bertz CT molecular complexity index is 1570. The number of aryl methyl sites for hydroxylation is 2. The largest absolute Gasteiger partial charge is 0.480 e. The van der Waals surface area contributed by atoms with Crippen molar-refractivity contribution in [2.24, 2.45) is 0 Å². The number of hydrogen-bond donors (Lipinski definition) is 1. The standard InChI is InChI=1S/C32H48N2O2.C2F6NO4S2/c1-6-30-22-15-17-24-34(30)23-16-13-11-9-7-8-10-12-14-18-25-36-31(35)33-32(4,5)29-21-19-20-28(26-29)27(2)3;3-1(4,5)14(10,11)9-15(12,13)2(6,7)8/h15,17,19-22,24,26H,2,6-14,16,18,23,25H2,1,3-5H3;/q;-1/p+1. The number of ether oxygens (including phenoxy) is 1. The molecule has 0 bridgehead atoms. The number of alkyl halides is 6. The van der Waals surface area contributed by atoms with E-state index in [-0.39, 0.29) is 6.09 Å². The van der Waals surface area contributed by atoms with Gasteiger partial charge in [-0.2, -0.15) is 26.3 Å². The molecule has 1 aromatic carbocycles. The van der Waals surface area contributed by atoms with E-state index >= 15 is 0 Å². The molecule has 0 aliphatic heterocycles. The fraction of sp³-hybridized carbons (Fsp3) is 0.588. The second-order valence-corrected chi connectivity index (χ2v) is 15.9. The fourth-order valence-corrected chi connectivity index (χ4v) is 6.47. The number of hydrogen-bond acceptors (Lipinski definition) is 6. The molecule has 0 atom stereocenters. The van der Waals surface area contributed by atoms with Crippen molar-refractivity contribution < 1.29 is 57.3 Å². The van der Waals surface area contributed by atoms with Crippen molar-refractivity contribution in [2.45, 2.75) is 121 Å². The average Bonchev–Trinajstić information content (AvgIpc) is 3.02. The number of sulfonamides is 2. The Kier molecular flexibility index (Phi) is 18.7. The zero-order valence-corrected chi connectivity index (χ0v) is 31.1. The average molecular weight is 774 g/mol. The maximum Gasteiger partial charge on any atom is 0.480 e. The van der Waals surface area contributed by atoms with Gasteiger partial charge in [-0.3, -0.25) is 0 Å². The highest BCUT2D eigenvalue weighted by Crippen LogP contribution is 2.36. The highest BCUT2D eigenvalue weighted by Gasteiger charge is 2.47. The van der Waals surface area contributed by atoms with Crippen LogP contribution in [0.25, 0.3) is 9.70 Å². The molecule has 0 aliphatic rings. The molecule has 1 N–H and O–H groups in total. The first-order valence-corrected chi connectivity index (χ1v) is 19.5. The Labute approximate surface area is 298 Å². The predicted molar refractivity (Wildman–Crippen MR) is 184 cm³/mol. The van der Waals surface area contributed by atoms with Crippen LogP contribution in [0, 0.1) is 0 Å². The Morgan fingerprint density at radius 1 is 0.804 bits per heavy atom. The van der Waals surface area contributed by atoms with Gasteiger partial charge in [0.1, 0.15) is 6.54 Å². The summed E-state index contributed by atoms with van der Waals surface area (Å²) in [5, 5.41) is 3.00. The van der Waals surface area contributed by atoms with Crippen LogP contribution in [0.2, 0.25) is 0 Å². The second kappa shape index (κ2) is 20.8. The van der Waals surface area contributed by atoms with Crippen LogP contribution in [0.5, 0.6) is 0 Å². The summed E-state index contributed by atoms with van der Waals surface area (Å²) in [6, 6.07) is 14.6. The monoisotopic (exact) mass is 773 g/mol. The summed E-state index contributed by atoms with van der Waals surface area (Å²) in [5.41, 5.74) is -8.34. The van der Waals surface area contributed by atoms with E-state index in [1.165, 1.54) is 57.1 Å². The molecule has 1 aromatic heterocycles. The topological polar surface area (TPSA) is 125 Å². The molecule has 0 saturated carbocycles. The van der Waals surface area contributed by atoms with Crippen LogP contribution in [0.15, 0.2) is 55.2 Å². The number of halogens is 6. The van der Waals surface area contributed by atoms with Crippen LogP contribution in [-0.4, -0.2) is 40.6 Å². The predicted octanol–water partition coefficient (Wildman–Crippen LogP) is 9.19. The van der Waals surface area contributed by atoms with Crippen LogP contribution in [-0.2, 0) is 43.3 Å². The van der Waals surface area contributed by atoms with Gasteiger partial charge in [0.05, 0.1) is 12.1 Å². The summed E-state index contributed by atoms with van der Waals surface area (Å²) < 4.78 is 117. The van der Waals surface area contributed by atoms with E-state index in [0.717, 1.165) is 46.6 Å². The third kappa shape index (κ3) is 16.8. The molecule has 0 aliphatic carbocycles. The molecule has 1 heterocycles. The second-order valence-electron chi connectivity index (χ2n) is 12.4. The number of rotatable bonds is 19. The number of alkyl carbamates (subject to hydrolysis) is 1. The summed E-state index contributed by atoms with van der Waals surface area (Å²) >= 11 is 0. The molecule has 0 spiro atoms. The van der Waals surface area contributed by atoms with E-state index in [2.05, 4.69) is 53.8 Å². The third-order valence-electron chi connectivity index (χ3n) is 7.70. The van der Waals surface area contributed by atoms with E-state index in [1.807, 2.05) is 39.0 Å². The van der Waals surface area contributed by atoms with Crippen LogP contribution < -0.4 is 9.88 Å². The minimum absolute atomic E-state index is 0.350. The molecule has 0 saturated heterocycles. The molecular weight excluding hydrogens is 725 g/mol. The van der Waals surface area contributed by atoms with E-state index in [4.69, 9.17) is 4.74 Å². The lowest BCUT2D eigenvalue weighted by Crippen LogP contribution is -2.41. The zero-order valence-electron chi connectivity index (χ0n) is 29.4. The number of nitrogens with zero attached hydrogens (tertiary/aromatic N) is 2. The molecule has 0 unspecified atom stereocenters. The number of carbonyl (C=O) groups excluding carboxylic acids is 1. The van der Waals surface area contributed by atoms with Crippen molar-refractivity contribution in [3.05, 3.63) is 76.2 Å². The summed E-state index contributed by atoms with van der Waals surface area (Å²) in [4.78, 5) is 12.3. The number of benzene rings is 1. The molecule has 2 aromatic rings. The first kappa shape index (κ1) is 45.8. The smallest absolute Gasteiger partial charge is 0.450 e. The van der Waals surface area contributed by atoms with E-state index in [9.17, 15) is 48.0 Å². The van der Waals surface area contributed by atoms with Crippen LogP contribution in [0.1, 0.15) is 109 Å². The Morgan fingerprint density at radius 3 is 1.80 bits per heavy atom. The number of carbonyl (C=O) groups is 1. The molecule has 9 nitrogen and oxygen atoms in total. The lowest BCUT2D eigenvalue weighted by Gasteiger charge is -2.27. The van der Waals surface area contributed by atoms with Crippen molar-refractivity contribution in [1.82, 2.24) is 5.32 Å². The Morgan fingerprint density at radius 2 is 1.31 bits per heavy atom. The fourth-order valence-electron chi connectivity index (χ4n) is 4.76. The lowest BCUT2D eigenvalue weighted by molar-refractivity contribution is -0.704. The Balaban J connectivity index is 0.000000728. The third-order valence-corrected chi connectivity index (χ3v) is 10.4. The Hall–Kier alpha value is -3.18. The van der Waals surface area contributed by atoms with E-state index in [0.29, 0.717) is 6.61 Å². The number of pyridine rings is 1. The maximum absolute atomic E-state index is 12.3. The summed E-state index contributed by atoms with van der Waals surface area (Å²) in [6.45, 7) is 13.8. The minimum atomic E-state index is -6.72. The number of amides is 1. The first-order valence-electron chi connectivity index (χ1n) is 16.6. The van der Waals surface area contributed by atoms with E-state index in [1.54, 1.807) is 0 Å². The molecule has 51 heavy (non-hydrogen) atoms. The molecular formula is C34H49F6N3O6S2. The maximum atomic E-state index is 12.3. The van der Waals surface area contributed by atoms with Gasteiger partial charge in [-0.05, 0) is 50.8 Å². The molecule has 290 valence electrons. The molecule has 1 amide bonds. The molecule has 0 fully saturated rings. The normalized spacial score (nSPS) is 12.5. The van der Waals surface area contributed by atoms with Gasteiger partial charge in [0.2, 0.25) is 0 Å². The van der Waals surface area contributed by atoms with E-state index < -0.39 is 36.6 Å². The van der Waals surface area contributed by atoms with Crippen molar-refractivity contribution in [3.63, 3.8) is 0 Å². The number of unbranched alkanes of at least 4 members (excludes halogenated alkanes) is 9. The van der Waals surface area contributed by atoms with Gasteiger partial charge in [0.15, 0.2) is 31.9 Å². The van der Waals surface area contributed by atoms with Crippen molar-refractivity contribution in [3.8, 4) is 0 Å². The summed E-state index contributed by atoms with van der Waals surface area (Å²) in [6.07, 6.45) is 15.4. The SMILES string of the molecule is C=C(C)c1cccc(C(C)(C)NC(=O)OCCCCCCCCCCCC[n+]2ccccc2CC)c1.O=S(=O)([N-]S(=O)(=O)C(F)(F)F)C(F)(F)F. The summed E-state index contributed by atoms with van der Waals surface area (Å²) in [5.74, 6) is 0. The molecule has 2 rings (SSSR count). The summed E-state index contributed by atoms with van der Waals surface area (Å²) in [7, 11) is -13.4. The van der Waals surface area contributed by atoms with Gasteiger partial charge in [-0.25, -0.2) is 26.2 Å². The highest BCUT2D eigenvalue weighted by molar-refractivity contribution is 8.13. The van der Waals surface area contributed by atoms with Gasteiger partial charge in [0.25, 0.3) is 0 Å². The molecule has 0 radical (unpaired) electrons. The number of aromatic nitrogens is 1. The quantitative estimate of drug-likeness (QED) is 0.0863. The van der Waals surface area contributed by atoms with Crippen molar-refractivity contribution >= 4 is 31.7 Å². The number of nitrogens with one attached hydrogen (secondary N) is 1. The van der Waals surface area contributed by atoms with Gasteiger partial charge < -0.3 is 14.2 Å². The van der Waals surface area contributed by atoms with Gasteiger partial charge >= 0.3 is 17.1 Å². The highest BCUT2D eigenvalue weighted by atomic mass is 32.3. The lowest BCUT2D eigenvalue weighted by atomic mass is 9.92. The zero-order chi connectivity index (χ0) is 38.9. The van der Waals surface area contributed by atoms with Crippen LogP contribution in [0.3, 0.4) is 0 Å². The minimum Gasteiger partial charge on any atom is -0.450 e. The van der Waals surface area contributed by atoms with Gasteiger partial charge in [-0.15, -0.1) is 0 Å².